The molecule has 20 heavy (non-hydrogen) atoms. The summed E-state index contributed by atoms with van der Waals surface area (Å²) in [7, 11) is 3.57. The third-order valence-corrected chi connectivity index (χ3v) is 3.33. The third kappa shape index (κ3) is 3.48. The van der Waals surface area contributed by atoms with Gasteiger partial charge in [0.05, 0.1) is 7.11 Å². The van der Waals surface area contributed by atoms with Gasteiger partial charge in [0, 0.05) is 31.9 Å². The van der Waals surface area contributed by atoms with Crippen molar-refractivity contribution in [2.45, 2.75) is 0 Å². The van der Waals surface area contributed by atoms with E-state index in [1.54, 1.807) is 36.3 Å². The predicted octanol–water partition coefficient (Wildman–Crippen LogP) is 0.408. The van der Waals surface area contributed by atoms with Crippen LogP contribution in [0.3, 0.4) is 0 Å². The van der Waals surface area contributed by atoms with Gasteiger partial charge in [-0.25, -0.2) is 0 Å². The van der Waals surface area contributed by atoms with Crippen LogP contribution < -0.4 is 10.1 Å². The van der Waals surface area contributed by atoms with Crippen LogP contribution in [0, 0.1) is 0 Å². The van der Waals surface area contributed by atoms with Gasteiger partial charge in [0.2, 0.25) is 0 Å². The second-order valence-corrected chi connectivity index (χ2v) is 4.78. The summed E-state index contributed by atoms with van der Waals surface area (Å²) < 4.78 is 5.03. The largest absolute Gasteiger partial charge is 0.497 e. The first-order valence-electron chi connectivity index (χ1n) is 6.53. The van der Waals surface area contributed by atoms with Crippen LogP contribution in [0.1, 0.15) is 0 Å². The summed E-state index contributed by atoms with van der Waals surface area (Å²) in [6.45, 7) is 2.76. The Bertz CT molecular complexity index is 479. The number of methoxy groups -OCH3 is 1. The minimum absolute atomic E-state index is 0.478. The van der Waals surface area contributed by atoms with Crippen molar-refractivity contribution in [3.63, 3.8) is 0 Å². The van der Waals surface area contributed by atoms with E-state index in [9.17, 15) is 9.59 Å². The Kier molecular flexibility index (Phi) is 4.57. The highest BCUT2D eigenvalue weighted by Crippen LogP contribution is 2.15. The fraction of sp³-hybridized carbons (Fsp3) is 0.429. The summed E-state index contributed by atoms with van der Waals surface area (Å²) in [6, 6.07) is 6.87. The lowest BCUT2D eigenvalue weighted by Crippen LogP contribution is -2.50. The van der Waals surface area contributed by atoms with E-state index in [0.29, 0.717) is 24.5 Å². The van der Waals surface area contributed by atoms with E-state index in [4.69, 9.17) is 4.74 Å². The normalized spacial score (nSPS) is 15.8. The van der Waals surface area contributed by atoms with Gasteiger partial charge in [0.15, 0.2) is 0 Å². The van der Waals surface area contributed by atoms with Crippen LogP contribution in [-0.2, 0) is 9.59 Å². The second-order valence-electron chi connectivity index (χ2n) is 4.78. The van der Waals surface area contributed by atoms with Crippen LogP contribution in [0.2, 0.25) is 0 Å². The number of hydrogen-bond acceptors (Lipinski definition) is 4. The molecule has 1 heterocycles. The van der Waals surface area contributed by atoms with Crippen LogP contribution >= 0.6 is 0 Å². The van der Waals surface area contributed by atoms with Gasteiger partial charge in [-0.15, -0.1) is 0 Å². The number of rotatable bonds is 2. The quantitative estimate of drug-likeness (QED) is 0.795. The van der Waals surface area contributed by atoms with Gasteiger partial charge in [-0.1, -0.05) is 0 Å². The average Bonchev–Trinajstić information content (AvgIpc) is 2.48. The Morgan fingerprint density at radius 3 is 2.25 bits per heavy atom. The lowest BCUT2D eigenvalue weighted by molar-refractivity contribution is -0.144. The number of hydrogen-bond donors (Lipinski definition) is 1. The molecule has 1 fully saturated rings. The van der Waals surface area contributed by atoms with Crippen LogP contribution in [0.15, 0.2) is 24.3 Å². The molecule has 0 aromatic heterocycles. The Morgan fingerprint density at radius 1 is 1.10 bits per heavy atom. The third-order valence-electron chi connectivity index (χ3n) is 3.33. The molecule has 1 aromatic carbocycles. The molecular weight excluding hydrogens is 258 g/mol. The van der Waals surface area contributed by atoms with Crippen molar-refractivity contribution in [3.8, 4) is 5.75 Å². The van der Waals surface area contributed by atoms with E-state index in [1.165, 1.54) is 0 Å². The van der Waals surface area contributed by atoms with Crippen molar-refractivity contribution in [2.24, 2.45) is 0 Å². The number of likely N-dealkylation sites (N-methyl/N-ethyl adjacent to an activating group) is 1. The summed E-state index contributed by atoms with van der Waals surface area (Å²) in [4.78, 5) is 27.6. The molecule has 1 aromatic rings. The van der Waals surface area contributed by atoms with Crippen molar-refractivity contribution < 1.29 is 14.3 Å². The maximum atomic E-state index is 12.0. The van der Waals surface area contributed by atoms with E-state index in [2.05, 4.69) is 10.2 Å². The number of nitrogens with zero attached hydrogens (tertiary/aromatic N) is 2. The van der Waals surface area contributed by atoms with Crippen LogP contribution in [-0.4, -0.2) is 62.0 Å². The molecule has 1 aliphatic rings. The van der Waals surface area contributed by atoms with E-state index in [1.807, 2.05) is 7.05 Å². The second kappa shape index (κ2) is 6.38. The van der Waals surface area contributed by atoms with E-state index in [0.717, 1.165) is 13.1 Å². The number of amides is 2. The number of carbonyl (C=O) groups is 2. The molecule has 6 nitrogen and oxygen atoms in total. The summed E-state index contributed by atoms with van der Waals surface area (Å²) in [5, 5.41) is 2.60. The molecule has 0 spiro atoms. The van der Waals surface area contributed by atoms with Crippen molar-refractivity contribution in [1.29, 1.82) is 0 Å². The van der Waals surface area contributed by atoms with Gasteiger partial charge in [0.1, 0.15) is 5.75 Å². The number of nitrogens with one attached hydrogen (secondary N) is 1. The van der Waals surface area contributed by atoms with E-state index in [-0.39, 0.29) is 0 Å². The first kappa shape index (κ1) is 14.3. The van der Waals surface area contributed by atoms with E-state index >= 15 is 0 Å². The monoisotopic (exact) mass is 277 g/mol. The van der Waals surface area contributed by atoms with Crippen molar-refractivity contribution in [2.75, 3.05) is 45.7 Å². The van der Waals surface area contributed by atoms with Gasteiger partial charge in [-0.05, 0) is 31.3 Å². The minimum atomic E-state index is -0.597. The molecule has 1 N–H and O–H groups in total. The lowest BCUT2D eigenvalue weighted by Gasteiger charge is -2.31. The van der Waals surface area contributed by atoms with Crippen LogP contribution in [0.5, 0.6) is 5.75 Å². The van der Waals surface area contributed by atoms with E-state index < -0.39 is 11.8 Å². The molecule has 2 amide bonds. The maximum Gasteiger partial charge on any atom is 0.313 e. The molecule has 2 rings (SSSR count). The number of benzene rings is 1. The van der Waals surface area contributed by atoms with Crippen molar-refractivity contribution >= 4 is 17.5 Å². The predicted molar refractivity (Wildman–Crippen MR) is 75.7 cm³/mol. The number of piperazine rings is 1. The van der Waals surface area contributed by atoms with Crippen LogP contribution in [0.25, 0.3) is 0 Å². The zero-order chi connectivity index (χ0) is 14.5. The fourth-order valence-corrected chi connectivity index (χ4v) is 2.01. The number of anilines is 1. The SMILES string of the molecule is COc1ccc(NC(=O)C(=O)N2CCN(C)CC2)cc1. The van der Waals surface area contributed by atoms with Gasteiger partial charge < -0.3 is 19.9 Å². The molecule has 1 saturated heterocycles. The maximum absolute atomic E-state index is 12.0. The smallest absolute Gasteiger partial charge is 0.313 e. The summed E-state index contributed by atoms with van der Waals surface area (Å²) in [5.41, 5.74) is 0.582. The van der Waals surface area contributed by atoms with Gasteiger partial charge in [-0.3, -0.25) is 9.59 Å². The minimum Gasteiger partial charge on any atom is -0.497 e. The van der Waals surface area contributed by atoms with Crippen molar-refractivity contribution in [3.05, 3.63) is 24.3 Å². The highest BCUT2D eigenvalue weighted by Gasteiger charge is 2.24. The molecule has 108 valence electrons. The molecule has 0 radical (unpaired) electrons. The topological polar surface area (TPSA) is 61.9 Å². The Hall–Kier alpha value is -2.08. The Morgan fingerprint density at radius 2 is 1.70 bits per heavy atom. The molecule has 1 aliphatic heterocycles. The standard InChI is InChI=1S/C14H19N3O3/c1-16-7-9-17(10-8-16)14(19)13(18)15-11-3-5-12(20-2)6-4-11/h3-6H,7-10H2,1-2H3,(H,15,18). The average molecular weight is 277 g/mol. The lowest BCUT2D eigenvalue weighted by atomic mass is 10.3. The van der Waals surface area contributed by atoms with Gasteiger partial charge >= 0.3 is 11.8 Å². The Balaban J connectivity index is 1.91. The fourth-order valence-electron chi connectivity index (χ4n) is 2.01. The highest BCUT2D eigenvalue weighted by atomic mass is 16.5. The highest BCUT2D eigenvalue weighted by molar-refractivity contribution is 6.39. The summed E-state index contributed by atoms with van der Waals surface area (Å²) in [5.74, 6) is -0.373. The molecule has 0 atom stereocenters. The van der Waals surface area contributed by atoms with Crippen LogP contribution in [0.4, 0.5) is 5.69 Å². The zero-order valence-electron chi connectivity index (χ0n) is 11.8. The van der Waals surface area contributed by atoms with Gasteiger partial charge in [0.25, 0.3) is 0 Å². The van der Waals surface area contributed by atoms with Gasteiger partial charge in [-0.2, -0.15) is 0 Å². The molecule has 0 bridgehead atoms. The summed E-state index contributed by atoms with van der Waals surface area (Å²) in [6.07, 6.45) is 0. The summed E-state index contributed by atoms with van der Waals surface area (Å²) >= 11 is 0. The number of ether oxygens (including phenoxy) is 1. The first-order chi connectivity index (χ1) is 9.60. The molecule has 0 saturated carbocycles. The first-order valence-corrected chi connectivity index (χ1v) is 6.53. The molecule has 0 aliphatic carbocycles. The molecule has 0 unspecified atom stereocenters. The molecular formula is C14H19N3O3. The Labute approximate surface area is 118 Å². The molecule has 6 heteroatoms. The zero-order valence-corrected chi connectivity index (χ0v) is 11.8. The van der Waals surface area contributed by atoms with Crippen molar-refractivity contribution in [1.82, 2.24) is 9.80 Å². The number of carbonyl (C=O) groups excluding carboxylic acids is 2.